The van der Waals surface area contributed by atoms with Crippen LogP contribution in [0.25, 0.3) is 0 Å². The minimum absolute atomic E-state index is 0.0154. The number of nitrogens with one attached hydrogen (secondary N) is 2. The maximum atomic E-state index is 11.5. The van der Waals surface area contributed by atoms with Crippen LogP contribution in [-0.4, -0.2) is 24.9 Å². The van der Waals surface area contributed by atoms with E-state index in [1.807, 2.05) is 13.0 Å². The SMILES string of the molecule is CCNC(=O)CNC(=O)c1ccccc1. The van der Waals surface area contributed by atoms with Crippen molar-refractivity contribution in [2.75, 3.05) is 13.1 Å². The molecular weight excluding hydrogens is 192 g/mol. The minimum atomic E-state index is -0.234. The van der Waals surface area contributed by atoms with Crippen LogP contribution in [0, 0.1) is 0 Å². The second kappa shape index (κ2) is 5.80. The summed E-state index contributed by atoms with van der Waals surface area (Å²) in [6.45, 7) is 2.42. The van der Waals surface area contributed by atoms with Crippen molar-refractivity contribution in [3.63, 3.8) is 0 Å². The Labute approximate surface area is 88.7 Å². The number of hydrogen-bond acceptors (Lipinski definition) is 2. The van der Waals surface area contributed by atoms with E-state index in [1.54, 1.807) is 24.3 Å². The Morgan fingerprint density at radius 1 is 1.13 bits per heavy atom. The van der Waals surface area contributed by atoms with Crippen molar-refractivity contribution in [3.05, 3.63) is 35.9 Å². The molecule has 0 radical (unpaired) electrons. The van der Waals surface area contributed by atoms with Gasteiger partial charge in [-0.1, -0.05) is 18.2 Å². The van der Waals surface area contributed by atoms with Crippen LogP contribution in [0.1, 0.15) is 17.3 Å². The van der Waals surface area contributed by atoms with Crippen LogP contribution in [0.15, 0.2) is 30.3 Å². The monoisotopic (exact) mass is 206 g/mol. The van der Waals surface area contributed by atoms with E-state index in [0.717, 1.165) is 0 Å². The fourth-order valence-electron chi connectivity index (χ4n) is 1.11. The first-order valence-corrected chi connectivity index (χ1v) is 4.84. The van der Waals surface area contributed by atoms with E-state index in [0.29, 0.717) is 12.1 Å². The van der Waals surface area contributed by atoms with Crippen molar-refractivity contribution in [1.29, 1.82) is 0 Å². The van der Waals surface area contributed by atoms with Gasteiger partial charge in [-0.05, 0) is 19.1 Å². The van der Waals surface area contributed by atoms with Crippen LogP contribution in [0.4, 0.5) is 0 Å². The first-order chi connectivity index (χ1) is 7.24. The number of carbonyl (C=O) groups excluding carboxylic acids is 2. The highest BCUT2D eigenvalue weighted by Crippen LogP contribution is 1.96. The summed E-state index contributed by atoms with van der Waals surface area (Å²) in [7, 11) is 0. The number of benzene rings is 1. The molecule has 0 saturated carbocycles. The lowest BCUT2D eigenvalue weighted by atomic mass is 10.2. The van der Waals surface area contributed by atoms with Crippen LogP contribution in [-0.2, 0) is 4.79 Å². The molecule has 2 N–H and O–H groups in total. The average Bonchev–Trinajstić information content (AvgIpc) is 2.27. The Balaban J connectivity index is 2.40. The molecular formula is C11H14N2O2. The Kier molecular flexibility index (Phi) is 4.34. The molecule has 4 nitrogen and oxygen atoms in total. The molecule has 0 spiro atoms. The van der Waals surface area contributed by atoms with E-state index in [-0.39, 0.29) is 18.4 Å². The van der Waals surface area contributed by atoms with Gasteiger partial charge in [-0.3, -0.25) is 9.59 Å². The van der Waals surface area contributed by atoms with Crippen molar-refractivity contribution in [1.82, 2.24) is 10.6 Å². The summed E-state index contributed by atoms with van der Waals surface area (Å²) in [6.07, 6.45) is 0. The molecule has 0 aliphatic rings. The molecule has 15 heavy (non-hydrogen) atoms. The Bertz CT molecular complexity index is 336. The summed E-state index contributed by atoms with van der Waals surface area (Å²) in [5.74, 6) is -0.413. The van der Waals surface area contributed by atoms with Crippen LogP contribution in [0.5, 0.6) is 0 Å². The maximum absolute atomic E-state index is 11.5. The van der Waals surface area contributed by atoms with Crippen LogP contribution < -0.4 is 10.6 Å². The highest BCUT2D eigenvalue weighted by Gasteiger charge is 2.05. The van der Waals surface area contributed by atoms with Crippen LogP contribution >= 0.6 is 0 Å². The van der Waals surface area contributed by atoms with E-state index in [9.17, 15) is 9.59 Å². The van der Waals surface area contributed by atoms with E-state index in [1.165, 1.54) is 0 Å². The van der Waals surface area contributed by atoms with Gasteiger partial charge in [-0.2, -0.15) is 0 Å². The highest BCUT2D eigenvalue weighted by atomic mass is 16.2. The zero-order valence-corrected chi connectivity index (χ0v) is 8.62. The molecule has 1 rings (SSSR count). The lowest BCUT2D eigenvalue weighted by molar-refractivity contribution is -0.120. The van der Waals surface area contributed by atoms with Gasteiger partial charge in [-0.25, -0.2) is 0 Å². The second-order valence-electron chi connectivity index (χ2n) is 3.00. The van der Waals surface area contributed by atoms with Crippen molar-refractivity contribution in [2.45, 2.75) is 6.92 Å². The number of carbonyl (C=O) groups is 2. The van der Waals surface area contributed by atoms with Gasteiger partial charge in [0.05, 0.1) is 6.54 Å². The fourth-order valence-corrected chi connectivity index (χ4v) is 1.11. The van der Waals surface area contributed by atoms with Crippen molar-refractivity contribution in [2.24, 2.45) is 0 Å². The van der Waals surface area contributed by atoms with Crippen molar-refractivity contribution < 1.29 is 9.59 Å². The van der Waals surface area contributed by atoms with E-state index >= 15 is 0 Å². The molecule has 1 aromatic rings. The van der Waals surface area contributed by atoms with Gasteiger partial charge in [0.25, 0.3) is 5.91 Å². The maximum Gasteiger partial charge on any atom is 0.251 e. The normalized spacial score (nSPS) is 9.40. The fraction of sp³-hybridized carbons (Fsp3) is 0.273. The predicted molar refractivity (Wildman–Crippen MR) is 57.5 cm³/mol. The largest absolute Gasteiger partial charge is 0.355 e. The Hall–Kier alpha value is -1.84. The average molecular weight is 206 g/mol. The molecule has 0 unspecified atom stereocenters. The molecule has 0 aromatic heterocycles. The first kappa shape index (κ1) is 11.2. The molecule has 4 heteroatoms. The van der Waals surface area contributed by atoms with Gasteiger partial charge in [0, 0.05) is 12.1 Å². The van der Waals surface area contributed by atoms with E-state index in [4.69, 9.17) is 0 Å². The molecule has 1 aromatic carbocycles. The van der Waals surface area contributed by atoms with Gasteiger partial charge in [-0.15, -0.1) is 0 Å². The van der Waals surface area contributed by atoms with E-state index in [2.05, 4.69) is 10.6 Å². The third-order valence-corrected chi connectivity index (χ3v) is 1.82. The summed E-state index contributed by atoms with van der Waals surface area (Å²) >= 11 is 0. The van der Waals surface area contributed by atoms with Crippen LogP contribution in [0.2, 0.25) is 0 Å². The zero-order valence-electron chi connectivity index (χ0n) is 8.62. The van der Waals surface area contributed by atoms with Crippen molar-refractivity contribution >= 4 is 11.8 Å². The lowest BCUT2D eigenvalue weighted by Crippen LogP contribution is -2.36. The number of rotatable bonds is 4. The van der Waals surface area contributed by atoms with Gasteiger partial charge >= 0.3 is 0 Å². The number of hydrogen-bond donors (Lipinski definition) is 2. The standard InChI is InChI=1S/C11H14N2O2/c1-2-12-10(14)8-13-11(15)9-6-4-3-5-7-9/h3-7H,2,8H2,1H3,(H,12,14)(H,13,15). The number of likely N-dealkylation sites (N-methyl/N-ethyl adjacent to an activating group) is 1. The highest BCUT2D eigenvalue weighted by molar-refractivity contribution is 5.96. The molecule has 0 fully saturated rings. The van der Waals surface area contributed by atoms with Gasteiger partial charge in [0.2, 0.25) is 5.91 Å². The summed E-state index contributed by atoms with van der Waals surface area (Å²) in [4.78, 5) is 22.5. The molecule has 0 atom stereocenters. The summed E-state index contributed by atoms with van der Waals surface area (Å²) in [5.41, 5.74) is 0.557. The predicted octanol–water partition coefficient (Wildman–Crippen LogP) is 0.552. The molecule has 0 aliphatic carbocycles. The molecule has 80 valence electrons. The molecule has 0 aliphatic heterocycles. The van der Waals surface area contributed by atoms with Gasteiger partial charge in [0.1, 0.15) is 0 Å². The molecule has 2 amide bonds. The van der Waals surface area contributed by atoms with Gasteiger partial charge in [0.15, 0.2) is 0 Å². The van der Waals surface area contributed by atoms with Gasteiger partial charge < -0.3 is 10.6 Å². The third-order valence-electron chi connectivity index (χ3n) is 1.82. The summed E-state index contributed by atoms with van der Waals surface area (Å²) in [5, 5.41) is 5.13. The summed E-state index contributed by atoms with van der Waals surface area (Å²) < 4.78 is 0. The Morgan fingerprint density at radius 3 is 2.40 bits per heavy atom. The second-order valence-corrected chi connectivity index (χ2v) is 3.00. The molecule has 0 heterocycles. The third kappa shape index (κ3) is 3.81. The van der Waals surface area contributed by atoms with Crippen molar-refractivity contribution in [3.8, 4) is 0 Å². The Morgan fingerprint density at radius 2 is 1.80 bits per heavy atom. The lowest BCUT2D eigenvalue weighted by Gasteiger charge is -2.04. The molecule has 0 saturated heterocycles. The smallest absolute Gasteiger partial charge is 0.251 e. The minimum Gasteiger partial charge on any atom is -0.355 e. The summed E-state index contributed by atoms with van der Waals surface area (Å²) in [6, 6.07) is 8.79. The number of amides is 2. The quantitative estimate of drug-likeness (QED) is 0.756. The van der Waals surface area contributed by atoms with Crippen LogP contribution in [0.3, 0.4) is 0 Å². The first-order valence-electron chi connectivity index (χ1n) is 4.84. The van der Waals surface area contributed by atoms with E-state index < -0.39 is 0 Å². The zero-order chi connectivity index (χ0) is 11.1. The topological polar surface area (TPSA) is 58.2 Å². The molecule has 0 bridgehead atoms.